The van der Waals surface area contributed by atoms with Crippen LogP contribution in [-0.2, 0) is 6.42 Å². The summed E-state index contributed by atoms with van der Waals surface area (Å²) < 4.78 is 0. The molecule has 1 atom stereocenters. The molecular weight excluding hydrogens is 268 g/mol. The van der Waals surface area contributed by atoms with Crippen LogP contribution in [0.5, 0.6) is 0 Å². The van der Waals surface area contributed by atoms with Crippen LogP contribution in [0.15, 0.2) is 36.5 Å². The van der Waals surface area contributed by atoms with E-state index in [9.17, 15) is 9.90 Å². The van der Waals surface area contributed by atoms with E-state index >= 15 is 0 Å². The van der Waals surface area contributed by atoms with Crippen LogP contribution >= 0.6 is 0 Å². The number of aromatic amines is 1. The summed E-state index contributed by atoms with van der Waals surface area (Å²) >= 11 is 0. The maximum Gasteiger partial charge on any atom is 0.267 e. The van der Waals surface area contributed by atoms with Gasteiger partial charge in [-0.3, -0.25) is 9.78 Å². The van der Waals surface area contributed by atoms with Gasteiger partial charge in [-0.05, 0) is 30.7 Å². The van der Waals surface area contributed by atoms with Crippen LogP contribution in [0.3, 0.4) is 0 Å². The molecule has 2 aromatic rings. The molecule has 6 nitrogen and oxygen atoms in total. The summed E-state index contributed by atoms with van der Waals surface area (Å²) in [6, 6.07) is 10.6. The monoisotopic (exact) mass is 284 g/mol. The Morgan fingerprint density at radius 3 is 2.90 bits per heavy atom. The summed E-state index contributed by atoms with van der Waals surface area (Å²) in [5.41, 5.74) is 1.55. The first-order chi connectivity index (χ1) is 10.2. The van der Waals surface area contributed by atoms with Gasteiger partial charge in [0.05, 0.1) is 0 Å². The number of carbonyl (C=O) groups excluding carboxylic acids is 1. The molecule has 0 radical (unpaired) electrons. The number of nitriles is 1. The van der Waals surface area contributed by atoms with Crippen molar-refractivity contribution in [2.45, 2.75) is 6.42 Å². The lowest BCUT2D eigenvalue weighted by atomic mass is 10.0. The summed E-state index contributed by atoms with van der Waals surface area (Å²) in [4.78, 5) is 18.8. The quantitative estimate of drug-likeness (QED) is 0.732. The van der Waals surface area contributed by atoms with Crippen molar-refractivity contribution < 1.29 is 9.90 Å². The molecule has 1 amide bonds. The van der Waals surface area contributed by atoms with E-state index in [1.807, 2.05) is 24.3 Å². The fourth-order valence-electron chi connectivity index (χ4n) is 1.94. The molecule has 0 saturated heterocycles. The molecule has 0 aliphatic heterocycles. The van der Waals surface area contributed by atoms with Gasteiger partial charge in [-0.1, -0.05) is 6.07 Å². The standard InChI is InChI=1S/C15H16N4O2/c16-8-13-4-5-14(19-13)15(21)18-9-11(10-20)7-12-3-1-2-6-17-12/h1-6,11,19-20H,7,9-10H2,(H,18,21). The predicted molar refractivity (Wildman–Crippen MR) is 76.4 cm³/mol. The number of aromatic nitrogens is 2. The number of nitrogens with zero attached hydrogens (tertiary/aromatic N) is 2. The van der Waals surface area contributed by atoms with Crippen molar-refractivity contribution in [3.8, 4) is 6.07 Å². The lowest BCUT2D eigenvalue weighted by molar-refractivity contribution is 0.0935. The topological polar surface area (TPSA) is 102 Å². The van der Waals surface area contributed by atoms with Crippen LogP contribution in [0.2, 0.25) is 0 Å². The molecule has 0 bridgehead atoms. The average Bonchev–Trinajstić information content (AvgIpc) is 3.01. The van der Waals surface area contributed by atoms with E-state index in [1.165, 1.54) is 0 Å². The van der Waals surface area contributed by atoms with E-state index < -0.39 is 0 Å². The molecule has 1 unspecified atom stereocenters. The van der Waals surface area contributed by atoms with E-state index in [4.69, 9.17) is 5.26 Å². The van der Waals surface area contributed by atoms with Crippen molar-refractivity contribution in [1.29, 1.82) is 5.26 Å². The molecule has 0 aromatic carbocycles. The van der Waals surface area contributed by atoms with Gasteiger partial charge in [0.25, 0.3) is 5.91 Å². The summed E-state index contributed by atoms with van der Waals surface area (Å²) in [7, 11) is 0. The zero-order chi connectivity index (χ0) is 15.1. The molecule has 2 heterocycles. The van der Waals surface area contributed by atoms with Crippen LogP contribution in [-0.4, -0.2) is 34.1 Å². The Balaban J connectivity index is 1.88. The minimum absolute atomic E-state index is 0.0367. The second kappa shape index (κ2) is 7.22. The van der Waals surface area contributed by atoms with Crippen LogP contribution in [0.25, 0.3) is 0 Å². The molecule has 0 saturated carbocycles. The molecule has 0 fully saturated rings. The van der Waals surface area contributed by atoms with Crippen LogP contribution < -0.4 is 5.32 Å². The summed E-state index contributed by atoms with van der Waals surface area (Å²) in [5, 5.41) is 20.8. The lowest BCUT2D eigenvalue weighted by Crippen LogP contribution is -2.32. The minimum Gasteiger partial charge on any atom is -0.396 e. The first kappa shape index (κ1) is 14.8. The molecule has 0 aliphatic rings. The Kier molecular flexibility index (Phi) is 5.07. The highest BCUT2D eigenvalue weighted by atomic mass is 16.3. The third-order valence-corrected chi connectivity index (χ3v) is 3.08. The van der Waals surface area contributed by atoms with E-state index in [-0.39, 0.29) is 18.4 Å². The lowest BCUT2D eigenvalue weighted by Gasteiger charge is -2.14. The predicted octanol–water partition coefficient (Wildman–Crippen LogP) is 0.862. The molecular formula is C15H16N4O2. The number of carbonyl (C=O) groups is 1. The molecule has 0 aliphatic carbocycles. The largest absolute Gasteiger partial charge is 0.396 e. The van der Waals surface area contributed by atoms with Crippen molar-refractivity contribution in [2.75, 3.05) is 13.2 Å². The highest BCUT2D eigenvalue weighted by Crippen LogP contribution is 2.06. The van der Waals surface area contributed by atoms with E-state index in [2.05, 4.69) is 15.3 Å². The van der Waals surface area contributed by atoms with E-state index in [0.717, 1.165) is 5.69 Å². The SMILES string of the molecule is N#Cc1ccc(C(=O)NCC(CO)Cc2ccccn2)[nH]1. The van der Waals surface area contributed by atoms with Crippen molar-refractivity contribution >= 4 is 5.91 Å². The molecule has 21 heavy (non-hydrogen) atoms. The van der Waals surface area contributed by atoms with Gasteiger partial charge in [0.2, 0.25) is 0 Å². The van der Waals surface area contributed by atoms with Crippen LogP contribution in [0.4, 0.5) is 0 Å². The maximum absolute atomic E-state index is 11.9. The number of aliphatic hydroxyl groups excluding tert-OH is 1. The van der Waals surface area contributed by atoms with E-state index in [1.54, 1.807) is 18.3 Å². The number of hydrogen-bond donors (Lipinski definition) is 3. The van der Waals surface area contributed by atoms with Gasteiger partial charge in [0.1, 0.15) is 17.5 Å². The Morgan fingerprint density at radius 1 is 1.43 bits per heavy atom. The number of aliphatic hydroxyl groups is 1. The first-order valence-corrected chi connectivity index (χ1v) is 6.61. The smallest absolute Gasteiger partial charge is 0.267 e. The third-order valence-electron chi connectivity index (χ3n) is 3.08. The molecule has 0 spiro atoms. The summed E-state index contributed by atoms with van der Waals surface area (Å²) in [6.07, 6.45) is 2.29. The van der Waals surface area contributed by atoms with Crippen molar-refractivity contribution in [3.05, 3.63) is 53.6 Å². The number of amides is 1. The van der Waals surface area contributed by atoms with Crippen molar-refractivity contribution in [2.24, 2.45) is 5.92 Å². The molecule has 108 valence electrons. The first-order valence-electron chi connectivity index (χ1n) is 6.61. The molecule has 2 aromatic heterocycles. The summed E-state index contributed by atoms with van der Waals surface area (Å²) in [6.45, 7) is 0.303. The third kappa shape index (κ3) is 4.16. The van der Waals surface area contributed by atoms with Crippen LogP contribution in [0.1, 0.15) is 21.9 Å². The zero-order valence-electron chi connectivity index (χ0n) is 11.4. The van der Waals surface area contributed by atoms with Gasteiger partial charge in [-0.25, -0.2) is 0 Å². The van der Waals surface area contributed by atoms with Gasteiger partial charge >= 0.3 is 0 Å². The van der Waals surface area contributed by atoms with Gasteiger partial charge < -0.3 is 15.4 Å². The maximum atomic E-state index is 11.9. The fourth-order valence-corrected chi connectivity index (χ4v) is 1.94. The Hall–Kier alpha value is -2.65. The second-order valence-corrected chi connectivity index (χ2v) is 4.68. The number of H-pyrrole nitrogens is 1. The number of pyridine rings is 1. The Morgan fingerprint density at radius 2 is 2.29 bits per heavy atom. The number of rotatable bonds is 6. The highest BCUT2D eigenvalue weighted by Gasteiger charge is 2.13. The van der Waals surface area contributed by atoms with Crippen molar-refractivity contribution in [3.63, 3.8) is 0 Å². The molecule has 2 rings (SSSR count). The summed E-state index contributed by atoms with van der Waals surface area (Å²) in [5.74, 6) is -0.398. The van der Waals surface area contributed by atoms with Gasteiger partial charge in [0.15, 0.2) is 0 Å². The highest BCUT2D eigenvalue weighted by molar-refractivity contribution is 5.92. The number of hydrogen-bond acceptors (Lipinski definition) is 4. The molecule has 3 N–H and O–H groups in total. The molecule has 6 heteroatoms. The second-order valence-electron chi connectivity index (χ2n) is 4.68. The van der Waals surface area contributed by atoms with E-state index in [0.29, 0.717) is 24.4 Å². The normalized spacial score (nSPS) is 11.6. The van der Waals surface area contributed by atoms with Crippen LogP contribution in [0, 0.1) is 17.2 Å². The Bertz CT molecular complexity index is 631. The van der Waals surface area contributed by atoms with Gasteiger partial charge in [-0.2, -0.15) is 5.26 Å². The number of nitrogens with one attached hydrogen (secondary N) is 2. The van der Waals surface area contributed by atoms with Crippen molar-refractivity contribution in [1.82, 2.24) is 15.3 Å². The average molecular weight is 284 g/mol. The van der Waals surface area contributed by atoms with Gasteiger partial charge in [0, 0.05) is 31.0 Å². The zero-order valence-corrected chi connectivity index (χ0v) is 11.4. The Labute approximate surface area is 122 Å². The minimum atomic E-state index is -0.295. The van der Waals surface area contributed by atoms with Gasteiger partial charge in [-0.15, -0.1) is 0 Å². The fraction of sp³-hybridized carbons (Fsp3) is 0.267.